The number of aromatic carboxylic acids is 1. The Bertz CT molecular complexity index is 1840. The van der Waals surface area contributed by atoms with Crippen molar-refractivity contribution in [1.29, 1.82) is 0 Å². The first-order valence-electron chi connectivity index (χ1n) is 13.6. The van der Waals surface area contributed by atoms with Crippen LogP contribution in [0.5, 0.6) is 11.8 Å². The van der Waals surface area contributed by atoms with Crippen molar-refractivity contribution < 1.29 is 28.2 Å². The van der Waals surface area contributed by atoms with Gasteiger partial charge in [-0.05, 0) is 66.9 Å². The van der Waals surface area contributed by atoms with Crippen LogP contribution >= 0.6 is 11.6 Å². The molecular weight excluding hydrogens is 578 g/mol. The quantitative estimate of drug-likeness (QED) is 0.175. The Morgan fingerprint density at radius 2 is 1.93 bits per heavy atom. The van der Waals surface area contributed by atoms with Crippen molar-refractivity contribution in [3.8, 4) is 23.0 Å². The average molecular weight is 605 g/mol. The number of rotatable bonds is 11. The number of fused-ring (bicyclic) bond motifs is 1. The van der Waals surface area contributed by atoms with E-state index in [1.165, 1.54) is 25.4 Å². The van der Waals surface area contributed by atoms with E-state index in [1.54, 1.807) is 48.5 Å². The van der Waals surface area contributed by atoms with Crippen molar-refractivity contribution in [3.05, 3.63) is 100 Å². The van der Waals surface area contributed by atoms with Gasteiger partial charge in [-0.3, -0.25) is 4.39 Å². The van der Waals surface area contributed by atoms with E-state index in [4.69, 9.17) is 26.1 Å². The summed E-state index contributed by atoms with van der Waals surface area (Å²) >= 11 is 6.03. The van der Waals surface area contributed by atoms with Gasteiger partial charge < -0.3 is 19.1 Å². The zero-order chi connectivity index (χ0) is 30.1. The minimum atomic E-state index is -1.05. The summed E-state index contributed by atoms with van der Waals surface area (Å²) in [6.07, 6.45) is 3.28. The summed E-state index contributed by atoms with van der Waals surface area (Å²) in [6.45, 7) is 0.0420. The van der Waals surface area contributed by atoms with Crippen LogP contribution in [0.25, 0.3) is 22.3 Å². The van der Waals surface area contributed by atoms with E-state index in [-0.39, 0.29) is 30.2 Å². The van der Waals surface area contributed by atoms with Gasteiger partial charge in [-0.2, -0.15) is 4.98 Å². The second-order valence-corrected chi connectivity index (χ2v) is 11.2. The molecule has 0 spiro atoms. The molecule has 1 aliphatic carbocycles. The Kier molecular flexibility index (Phi) is 7.70. The third-order valence-corrected chi connectivity index (χ3v) is 7.95. The Labute approximate surface area is 250 Å². The molecule has 220 valence electrons. The first-order chi connectivity index (χ1) is 20.8. The first-order valence-corrected chi connectivity index (χ1v) is 14.0. The zero-order valence-corrected chi connectivity index (χ0v) is 23.9. The molecule has 0 bridgehead atoms. The fraction of sp³-hybridized carbons (Fsp3) is 0.250. The third kappa shape index (κ3) is 6.01. The number of hydrogen-bond acceptors (Lipinski definition) is 6. The molecule has 1 N–H and O–H groups in total. The first kappa shape index (κ1) is 28.5. The maximum Gasteiger partial charge on any atom is 0.335 e. The molecule has 1 saturated carbocycles. The molecule has 2 heterocycles. The second kappa shape index (κ2) is 11.6. The van der Waals surface area contributed by atoms with Gasteiger partial charge in [0.2, 0.25) is 0 Å². The molecule has 0 aliphatic heterocycles. The maximum atomic E-state index is 15.5. The molecule has 2 aromatic heterocycles. The van der Waals surface area contributed by atoms with Crippen LogP contribution in [0.15, 0.2) is 66.9 Å². The molecule has 0 amide bonds. The minimum Gasteiger partial charge on any atom is -0.496 e. The standard InChI is InChI=1S/C32H27ClF2N4O4/c1-42-28-15-22(33)5-3-21(28)16-43-31-36-11-8-25(38-31)23-6-2-19(12-24(23)35)13-29-37-26-7-4-20(30(40)41)14-27(26)39(29)18-32(17-34)9-10-32/h2-8,11-12,14-15H,9-10,13,16-18H2,1H3,(H,40,41). The summed E-state index contributed by atoms with van der Waals surface area (Å²) in [5, 5.41) is 10.0. The Morgan fingerprint density at radius 3 is 2.65 bits per heavy atom. The fourth-order valence-corrected chi connectivity index (χ4v) is 5.22. The molecule has 0 radical (unpaired) electrons. The average Bonchev–Trinajstić information content (AvgIpc) is 3.71. The van der Waals surface area contributed by atoms with Gasteiger partial charge in [0.15, 0.2) is 0 Å². The Morgan fingerprint density at radius 1 is 1.09 bits per heavy atom. The van der Waals surface area contributed by atoms with Crippen molar-refractivity contribution in [3.63, 3.8) is 0 Å². The van der Waals surface area contributed by atoms with Gasteiger partial charge in [0.05, 0.1) is 36.1 Å². The summed E-state index contributed by atoms with van der Waals surface area (Å²) in [4.78, 5) is 24.8. The van der Waals surface area contributed by atoms with Crippen LogP contribution < -0.4 is 9.47 Å². The number of halogens is 3. The lowest BCUT2D eigenvalue weighted by Crippen LogP contribution is -2.16. The number of alkyl halides is 1. The molecule has 1 fully saturated rings. The minimum absolute atomic E-state index is 0.0781. The SMILES string of the molecule is COc1cc(Cl)ccc1COc1nccc(-c2ccc(Cc3nc4ccc(C(=O)O)cc4n3CC3(CF)CC3)cc2F)n1. The van der Waals surface area contributed by atoms with E-state index in [2.05, 4.69) is 9.97 Å². The molecule has 6 rings (SSSR count). The van der Waals surface area contributed by atoms with E-state index in [0.717, 1.165) is 18.4 Å². The Balaban J connectivity index is 1.24. The van der Waals surface area contributed by atoms with Crippen molar-refractivity contribution >= 4 is 28.6 Å². The summed E-state index contributed by atoms with van der Waals surface area (Å²) in [5.74, 6) is -0.360. The normalized spacial score (nSPS) is 13.7. The molecule has 11 heteroatoms. The number of aromatic nitrogens is 4. The number of ether oxygens (including phenoxy) is 2. The molecule has 3 aromatic carbocycles. The number of nitrogens with zero attached hydrogens (tertiary/aromatic N) is 4. The number of imidazole rings is 1. The highest BCUT2D eigenvalue weighted by Gasteiger charge is 2.43. The van der Waals surface area contributed by atoms with E-state index in [1.807, 2.05) is 4.57 Å². The van der Waals surface area contributed by atoms with E-state index < -0.39 is 23.9 Å². The van der Waals surface area contributed by atoms with E-state index in [9.17, 15) is 14.3 Å². The van der Waals surface area contributed by atoms with Crippen molar-refractivity contribution in [2.75, 3.05) is 13.8 Å². The second-order valence-electron chi connectivity index (χ2n) is 10.7. The van der Waals surface area contributed by atoms with Crippen LogP contribution in [-0.2, 0) is 19.6 Å². The lowest BCUT2D eigenvalue weighted by molar-refractivity contribution is 0.0697. The number of carboxylic acids is 1. The van der Waals surface area contributed by atoms with Gasteiger partial charge in [-0.1, -0.05) is 23.7 Å². The van der Waals surface area contributed by atoms with Crippen LogP contribution in [-0.4, -0.2) is 44.4 Å². The van der Waals surface area contributed by atoms with Gasteiger partial charge in [-0.25, -0.2) is 19.2 Å². The zero-order valence-electron chi connectivity index (χ0n) is 23.2. The lowest BCUT2D eigenvalue weighted by atomic mass is 10.1. The lowest BCUT2D eigenvalue weighted by Gasteiger charge is -2.16. The third-order valence-electron chi connectivity index (χ3n) is 7.72. The summed E-state index contributed by atoms with van der Waals surface area (Å²) in [5.41, 5.74) is 2.91. The smallest absolute Gasteiger partial charge is 0.335 e. The molecule has 5 aromatic rings. The van der Waals surface area contributed by atoms with Crippen LogP contribution in [0.4, 0.5) is 8.78 Å². The number of methoxy groups -OCH3 is 1. The predicted molar refractivity (Wildman–Crippen MR) is 157 cm³/mol. The van der Waals surface area contributed by atoms with Gasteiger partial charge >= 0.3 is 12.0 Å². The number of carbonyl (C=O) groups is 1. The number of carboxylic acid groups (broad SMARTS) is 1. The van der Waals surface area contributed by atoms with Crippen LogP contribution in [0.1, 0.15) is 40.2 Å². The number of hydrogen-bond donors (Lipinski definition) is 1. The monoisotopic (exact) mass is 604 g/mol. The van der Waals surface area contributed by atoms with Crippen LogP contribution in [0.3, 0.4) is 0 Å². The van der Waals surface area contributed by atoms with Gasteiger partial charge in [0.1, 0.15) is 24.0 Å². The van der Waals surface area contributed by atoms with Crippen LogP contribution in [0.2, 0.25) is 5.02 Å². The maximum absolute atomic E-state index is 15.5. The van der Waals surface area contributed by atoms with Crippen LogP contribution in [0, 0.1) is 11.2 Å². The molecule has 43 heavy (non-hydrogen) atoms. The number of benzene rings is 3. The highest BCUT2D eigenvalue weighted by Crippen LogP contribution is 2.48. The molecule has 1 aliphatic rings. The summed E-state index contributed by atoms with van der Waals surface area (Å²) in [7, 11) is 1.54. The molecule has 0 atom stereocenters. The highest BCUT2D eigenvalue weighted by molar-refractivity contribution is 6.30. The molecular formula is C32H27ClF2N4O4. The molecule has 8 nitrogen and oxygen atoms in total. The van der Waals surface area contributed by atoms with Crippen molar-refractivity contribution in [2.24, 2.45) is 5.41 Å². The topological polar surface area (TPSA) is 99.4 Å². The van der Waals surface area contributed by atoms with Crippen molar-refractivity contribution in [1.82, 2.24) is 19.5 Å². The molecule has 0 unspecified atom stereocenters. The summed E-state index contributed by atoms with van der Waals surface area (Å²) < 4.78 is 42.3. The van der Waals surface area contributed by atoms with Gasteiger partial charge in [-0.15, -0.1) is 0 Å². The Hall–Kier alpha value is -4.57. The summed E-state index contributed by atoms with van der Waals surface area (Å²) in [6, 6.07) is 16.4. The predicted octanol–water partition coefficient (Wildman–Crippen LogP) is 6.91. The van der Waals surface area contributed by atoms with Gasteiger partial charge in [0, 0.05) is 40.7 Å². The largest absolute Gasteiger partial charge is 0.496 e. The van der Waals surface area contributed by atoms with Gasteiger partial charge in [0.25, 0.3) is 0 Å². The van der Waals surface area contributed by atoms with Crippen molar-refractivity contribution in [2.45, 2.75) is 32.4 Å². The van der Waals surface area contributed by atoms with E-state index in [0.29, 0.717) is 45.4 Å². The highest BCUT2D eigenvalue weighted by atomic mass is 35.5. The molecule has 0 saturated heterocycles. The fourth-order valence-electron chi connectivity index (χ4n) is 5.06. The van der Waals surface area contributed by atoms with E-state index >= 15 is 4.39 Å².